The van der Waals surface area contributed by atoms with Crippen LogP contribution in [0.2, 0.25) is 18.1 Å². The van der Waals surface area contributed by atoms with Crippen LogP contribution in [0.15, 0.2) is 24.3 Å². The molecule has 1 rings (SSSR count). The van der Waals surface area contributed by atoms with Crippen molar-refractivity contribution in [3.05, 3.63) is 35.4 Å². The summed E-state index contributed by atoms with van der Waals surface area (Å²) in [5.41, 5.74) is 4.39. The lowest BCUT2D eigenvalue weighted by Crippen LogP contribution is -2.48. The molecule has 1 aromatic rings. The molecule has 2 amide bonds. The Morgan fingerprint density at radius 1 is 1.17 bits per heavy atom. The van der Waals surface area contributed by atoms with E-state index in [1.165, 1.54) is 0 Å². The molecule has 0 saturated carbocycles. The number of nitrogens with one attached hydrogen (secondary N) is 1. The van der Waals surface area contributed by atoms with Crippen molar-refractivity contribution in [1.82, 2.24) is 5.32 Å². The van der Waals surface area contributed by atoms with Crippen molar-refractivity contribution >= 4 is 20.1 Å². The summed E-state index contributed by atoms with van der Waals surface area (Å²) in [7, 11) is -2.05. The zero-order valence-electron chi connectivity index (χ0n) is 17.3. The summed E-state index contributed by atoms with van der Waals surface area (Å²) in [6.07, 6.45) is -6.14. The van der Waals surface area contributed by atoms with Crippen molar-refractivity contribution < 1.29 is 32.3 Å². The summed E-state index contributed by atoms with van der Waals surface area (Å²) in [4.78, 5) is 23.9. The van der Waals surface area contributed by atoms with E-state index in [4.69, 9.17) is 10.2 Å². The second-order valence-electron chi connectivity index (χ2n) is 8.38. The first-order chi connectivity index (χ1) is 13.1. The lowest BCUT2D eigenvalue weighted by atomic mass is 10.1. The first-order valence-corrected chi connectivity index (χ1v) is 12.1. The van der Waals surface area contributed by atoms with Crippen LogP contribution in [-0.2, 0) is 20.2 Å². The van der Waals surface area contributed by atoms with Gasteiger partial charge in [0.2, 0.25) is 5.91 Å². The number of hydrogen-bond acceptors (Lipinski definition) is 4. The molecule has 0 aromatic heterocycles. The van der Waals surface area contributed by atoms with Crippen molar-refractivity contribution in [3.8, 4) is 0 Å². The molecule has 0 saturated heterocycles. The van der Waals surface area contributed by atoms with E-state index in [0.29, 0.717) is 0 Å². The zero-order valence-corrected chi connectivity index (χ0v) is 18.3. The maximum atomic E-state index is 12.6. The quantitative estimate of drug-likeness (QED) is 0.547. The predicted molar refractivity (Wildman–Crippen MR) is 105 cm³/mol. The topological polar surface area (TPSA) is 102 Å². The zero-order chi connectivity index (χ0) is 22.6. The van der Waals surface area contributed by atoms with E-state index in [0.717, 1.165) is 24.3 Å². The van der Waals surface area contributed by atoms with Crippen LogP contribution in [0.5, 0.6) is 0 Å². The second kappa shape index (κ2) is 9.27. The smallest absolute Gasteiger partial charge is 0.416 e. The highest BCUT2D eigenvalue weighted by Gasteiger charge is 2.37. The number of hydrogen-bond donors (Lipinski definition) is 3. The Hall–Kier alpha value is -1.91. The highest BCUT2D eigenvalue weighted by atomic mass is 28.4. The molecule has 0 radical (unpaired) electrons. The number of amides is 2. The molecule has 1 aromatic carbocycles. The predicted octanol–water partition coefficient (Wildman–Crippen LogP) is 3.12. The summed E-state index contributed by atoms with van der Waals surface area (Å²) in [6.45, 7) is 10.5. The molecule has 0 bridgehead atoms. The lowest BCUT2D eigenvalue weighted by Gasteiger charge is -2.36. The normalized spacial score (nSPS) is 14.9. The molecule has 0 heterocycles. The van der Waals surface area contributed by atoms with Gasteiger partial charge < -0.3 is 20.6 Å². The molecule has 4 N–H and O–H groups in total. The summed E-state index contributed by atoms with van der Waals surface area (Å²) in [5.74, 6) is -1.72. The Morgan fingerprint density at radius 3 is 2.10 bits per heavy atom. The van der Waals surface area contributed by atoms with Crippen molar-refractivity contribution in [3.63, 3.8) is 0 Å². The first-order valence-electron chi connectivity index (χ1n) is 9.15. The minimum atomic E-state index is -4.52. The average Bonchev–Trinajstić information content (AvgIpc) is 2.58. The second-order valence-corrected chi connectivity index (χ2v) is 13.2. The Bertz CT molecular complexity index is 716. The number of carbonyl (C=O) groups is 2. The fourth-order valence-corrected chi connectivity index (χ4v) is 3.25. The Morgan fingerprint density at radius 2 is 1.69 bits per heavy atom. The molecule has 0 aliphatic rings. The molecule has 0 fully saturated rings. The minimum Gasteiger partial charge on any atom is -0.417 e. The van der Waals surface area contributed by atoms with E-state index in [2.05, 4.69) is 26.1 Å². The number of primary amides is 1. The van der Waals surface area contributed by atoms with Gasteiger partial charge in [-0.3, -0.25) is 9.59 Å². The van der Waals surface area contributed by atoms with E-state index < -0.39 is 44.0 Å². The van der Waals surface area contributed by atoms with Crippen LogP contribution in [0.3, 0.4) is 0 Å². The molecule has 10 heteroatoms. The molecule has 164 valence electrons. The van der Waals surface area contributed by atoms with Crippen LogP contribution in [-0.4, -0.2) is 37.9 Å². The summed E-state index contributed by atoms with van der Waals surface area (Å²) in [6, 6.07) is 2.48. The van der Waals surface area contributed by atoms with Gasteiger partial charge in [-0.15, -0.1) is 0 Å². The summed E-state index contributed by atoms with van der Waals surface area (Å²) in [5, 5.41) is 12.4. The molecular formula is C19H29F3N2O4Si. The molecule has 0 aliphatic heterocycles. The van der Waals surface area contributed by atoms with Crippen molar-refractivity contribution in [2.75, 3.05) is 6.61 Å². The maximum absolute atomic E-state index is 12.6. The Kier molecular flexibility index (Phi) is 8.03. The fraction of sp³-hybridized carbons (Fsp3) is 0.579. The van der Waals surface area contributed by atoms with Crippen LogP contribution in [0.25, 0.3) is 0 Å². The third kappa shape index (κ3) is 7.13. The van der Waals surface area contributed by atoms with Crippen LogP contribution in [0.4, 0.5) is 13.2 Å². The van der Waals surface area contributed by atoms with Gasteiger partial charge in [0.1, 0.15) is 6.04 Å². The first kappa shape index (κ1) is 25.1. The van der Waals surface area contributed by atoms with E-state index in [1.807, 2.05) is 13.1 Å². The molecule has 0 spiro atoms. The van der Waals surface area contributed by atoms with Crippen LogP contribution in [0.1, 0.15) is 44.4 Å². The number of nitrogens with two attached hydrogens (primary N) is 1. The number of carbonyl (C=O) groups excluding carboxylic acids is 2. The van der Waals surface area contributed by atoms with Crippen molar-refractivity contribution in [2.45, 2.75) is 63.6 Å². The number of rotatable bonds is 8. The Balaban J connectivity index is 2.73. The molecule has 6 nitrogen and oxygen atoms in total. The van der Waals surface area contributed by atoms with Gasteiger partial charge >= 0.3 is 6.18 Å². The van der Waals surface area contributed by atoms with Gasteiger partial charge in [0, 0.05) is 6.61 Å². The molecule has 0 aliphatic carbocycles. The van der Waals surface area contributed by atoms with Crippen LogP contribution >= 0.6 is 0 Å². The molecule has 29 heavy (non-hydrogen) atoms. The molecule has 2 atom stereocenters. The average molecular weight is 435 g/mol. The largest absolute Gasteiger partial charge is 0.417 e. The van der Waals surface area contributed by atoms with E-state index in [9.17, 15) is 27.9 Å². The highest BCUT2D eigenvalue weighted by molar-refractivity contribution is 6.74. The highest BCUT2D eigenvalue weighted by Crippen LogP contribution is 2.36. The summed E-state index contributed by atoms with van der Waals surface area (Å²) < 4.78 is 43.8. The van der Waals surface area contributed by atoms with Gasteiger partial charge in [0.15, 0.2) is 14.4 Å². The van der Waals surface area contributed by atoms with Gasteiger partial charge in [0.25, 0.3) is 5.91 Å². The Labute approximate surface area is 169 Å². The van der Waals surface area contributed by atoms with Gasteiger partial charge in [-0.05, 0) is 42.2 Å². The van der Waals surface area contributed by atoms with Gasteiger partial charge in [-0.1, -0.05) is 32.9 Å². The minimum absolute atomic E-state index is 0.0305. The third-order valence-electron chi connectivity index (χ3n) is 5.14. The standard InChI is InChI=1S/C19H29F3N2O4Si/c1-18(2,3)29(4,5)28-11-10-14(16(23)26)24-17(27)15(25)12-6-8-13(9-7-12)19(20,21)22/h6-9,14-15,25H,10-11H2,1-5H3,(H2,23,26)(H,24,27)/t14-,15+/m0/s1. The monoisotopic (exact) mass is 434 g/mol. The fourth-order valence-electron chi connectivity index (χ4n) is 2.19. The van der Waals surface area contributed by atoms with Crippen LogP contribution < -0.4 is 11.1 Å². The van der Waals surface area contributed by atoms with Gasteiger partial charge in [0.05, 0.1) is 5.56 Å². The maximum Gasteiger partial charge on any atom is 0.416 e. The molecular weight excluding hydrogens is 405 g/mol. The number of aliphatic hydroxyl groups is 1. The number of aliphatic hydroxyl groups excluding tert-OH is 1. The third-order valence-corrected chi connectivity index (χ3v) is 9.68. The van der Waals surface area contributed by atoms with Crippen molar-refractivity contribution in [1.29, 1.82) is 0 Å². The summed E-state index contributed by atoms with van der Waals surface area (Å²) >= 11 is 0. The number of halogens is 3. The van der Waals surface area contributed by atoms with E-state index in [1.54, 1.807) is 0 Å². The lowest BCUT2D eigenvalue weighted by molar-refractivity contribution is -0.137. The number of alkyl halides is 3. The molecule has 0 unspecified atom stereocenters. The van der Waals surface area contributed by atoms with Crippen molar-refractivity contribution in [2.24, 2.45) is 5.73 Å². The van der Waals surface area contributed by atoms with E-state index in [-0.39, 0.29) is 23.6 Å². The van der Waals surface area contributed by atoms with Gasteiger partial charge in [-0.2, -0.15) is 13.2 Å². The van der Waals surface area contributed by atoms with Gasteiger partial charge in [-0.25, -0.2) is 0 Å². The SMILES string of the molecule is CC(C)(C)[Si](C)(C)OCC[C@H](NC(=O)[C@H](O)c1ccc(C(F)(F)F)cc1)C(N)=O. The van der Waals surface area contributed by atoms with E-state index >= 15 is 0 Å². The number of benzene rings is 1. The van der Waals surface area contributed by atoms with Crippen LogP contribution in [0, 0.1) is 0 Å².